The van der Waals surface area contributed by atoms with Gasteiger partial charge in [-0.2, -0.15) is 0 Å². The maximum Gasteiger partial charge on any atom is 0.0594 e. The number of hydrogen-bond donors (Lipinski definition) is 1. The van der Waals surface area contributed by atoms with Gasteiger partial charge in [0.1, 0.15) is 0 Å². The van der Waals surface area contributed by atoms with E-state index in [1.165, 1.54) is 13.0 Å². The first kappa shape index (κ1) is 12.0. The minimum atomic E-state index is 0.347. The fourth-order valence-electron chi connectivity index (χ4n) is 1.85. The lowest BCUT2D eigenvalue weighted by atomic mass is 10.0. The highest BCUT2D eigenvalue weighted by Crippen LogP contribution is 2.10. The molecule has 1 atom stereocenters. The van der Waals surface area contributed by atoms with Gasteiger partial charge in [0.05, 0.1) is 13.2 Å². The number of ether oxygens (including phenoxy) is 1. The average molecular weight is 201 g/mol. The Labute approximate surface area is 87.1 Å². The Morgan fingerprint density at radius 3 is 2.64 bits per heavy atom. The van der Waals surface area contributed by atoms with E-state index in [0.717, 1.165) is 39.1 Å². The summed E-state index contributed by atoms with van der Waals surface area (Å²) < 4.78 is 5.29. The second-order valence-electron chi connectivity index (χ2n) is 4.05. The second kappa shape index (κ2) is 7.21. The molecule has 0 aromatic carbocycles. The van der Waals surface area contributed by atoms with Crippen molar-refractivity contribution in [3.05, 3.63) is 0 Å². The summed E-state index contributed by atoms with van der Waals surface area (Å²) >= 11 is 0. The van der Waals surface area contributed by atoms with Crippen LogP contribution in [-0.2, 0) is 4.74 Å². The molecule has 0 amide bonds. The molecule has 1 N–H and O–H groups in total. The van der Waals surface area contributed by atoms with Crippen molar-refractivity contribution in [1.29, 1.82) is 0 Å². The van der Waals surface area contributed by atoms with Crippen LogP contribution in [0.1, 0.15) is 26.2 Å². The zero-order valence-electron chi connectivity index (χ0n) is 9.24. The molecule has 0 aromatic heterocycles. The molecule has 1 aliphatic heterocycles. The number of nitrogens with zero attached hydrogens (tertiary/aromatic N) is 1. The normalized spacial score (nSPS) is 21.0. The molecule has 3 heteroatoms. The van der Waals surface area contributed by atoms with Crippen LogP contribution in [0.2, 0.25) is 0 Å². The lowest BCUT2D eigenvalue weighted by Crippen LogP contribution is -2.37. The van der Waals surface area contributed by atoms with E-state index in [2.05, 4.69) is 11.8 Å². The minimum Gasteiger partial charge on any atom is -0.396 e. The molecule has 1 fully saturated rings. The van der Waals surface area contributed by atoms with E-state index in [9.17, 15) is 0 Å². The predicted molar refractivity (Wildman–Crippen MR) is 57.4 cm³/mol. The van der Waals surface area contributed by atoms with Crippen molar-refractivity contribution < 1.29 is 9.84 Å². The summed E-state index contributed by atoms with van der Waals surface area (Å²) in [4.78, 5) is 2.45. The number of hydrogen-bond acceptors (Lipinski definition) is 3. The van der Waals surface area contributed by atoms with E-state index in [1.807, 2.05) is 0 Å². The Kier molecular flexibility index (Phi) is 6.15. The van der Waals surface area contributed by atoms with Crippen LogP contribution in [0.5, 0.6) is 0 Å². The first-order chi connectivity index (χ1) is 6.86. The molecule has 0 aromatic rings. The maximum atomic E-state index is 9.03. The molecule has 0 radical (unpaired) electrons. The zero-order valence-corrected chi connectivity index (χ0v) is 9.24. The second-order valence-corrected chi connectivity index (χ2v) is 4.05. The van der Waals surface area contributed by atoms with Crippen molar-refractivity contribution in [3.8, 4) is 0 Å². The monoisotopic (exact) mass is 201 g/mol. The van der Waals surface area contributed by atoms with Gasteiger partial charge in [-0.1, -0.05) is 13.3 Å². The van der Waals surface area contributed by atoms with Crippen LogP contribution in [0.15, 0.2) is 0 Å². The van der Waals surface area contributed by atoms with E-state index in [-0.39, 0.29) is 0 Å². The van der Waals surface area contributed by atoms with Crippen molar-refractivity contribution in [3.63, 3.8) is 0 Å². The van der Waals surface area contributed by atoms with Gasteiger partial charge in [-0.3, -0.25) is 4.90 Å². The Balaban J connectivity index is 2.01. The smallest absolute Gasteiger partial charge is 0.0594 e. The Morgan fingerprint density at radius 2 is 2.07 bits per heavy atom. The van der Waals surface area contributed by atoms with Crippen LogP contribution < -0.4 is 0 Å². The van der Waals surface area contributed by atoms with Crippen LogP contribution in [-0.4, -0.2) is 49.5 Å². The molecule has 1 unspecified atom stereocenters. The van der Waals surface area contributed by atoms with Crippen LogP contribution in [0.4, 0.5) is 0 Å². The average Bonchev–Trinajstić information content (AvgIpc) is 2.26. The van der Waals surface area contributed by atoms with Gasteiger partial charge in [0, 0.05) is 19.7 Å². The third-order valence-corrected chi connectivity index (χ3v) is 3.03. The molecule has 1 aliphatic rings. The molecule has 1 saturated heterocycles. The van der Waals surface area contributed by atoms with Crippen molar-refractivity contribution in [1.82, 2.24) is 4.90 Å². The topological polar surface area (TPSA) is 32.7 Å². The number of aliphatic hydroxyl groups is 1. The predicted octanol–water partition coefficient (Wildman–Crippen LogP) is 1.12. The van der Waals surface area contributed by atoms with Crippen molar-refractivity contribution in [2.75, 3.05) is 39.5 Å². The highest BCUT2D eigenvalue weighted by molar-refractivity contribution is 4.63. The van der Waals surface area contributed by atoms with E-state index >= 15 is 0 Å². The quantitative estimate of drug-likeness (QED) is 0.699. The van der Waals surface area contributed by atoms with Crippen molar-refractivity contribution >= 4 is 0 Å². The number of aliphatic hydroxyl groups excluding tert-OH is 1. The molecule has 0 saturated carbocycles. The maximum absolute atomic E-state index is 9.03. The van der Waals surface area contributed by atoms with Gasteiger partial charge in [0.15, 0.2) is 0 Å². The molecule has 0 spiro atoms. The molecule has 0 bridgehead atoms. The molecule has 1 heterocycles. The van der Waals surface area contributed by atoms with Gasteiger partial charge in [-0.25, -0.2) is 0 Å². The summed E-state index contributed by atoms with van der Waals surface area (Å²) in [6.07, 6.45) is 3.46. The number of morpholine rings is 1. The summed E-state index contributed by atoms with van der Waals surface area (Å²) in [5.41, 5.74) is 0. The highest BCUT2D eigenvalue weighted by atomic mass is 16.5. The van der Waals surface area contributed by atoms with E-state index < -0.39 is 0 Å². The number of rotatable bonds is 6. The summed E-state index contributed by atoms with van der Waals surface area (Å²) in [6.45, 7) is 7.59. The summed E-state index contributed by atoms with van der Waals surface area (Å²) in [5, 5.41) is 9.03. The zero-order chi connectivity index (χ0) is 10.2. The lowest BCUT2D eigenvalue weighted by Gasteiger charge is -2.26. The first-order valence-electron chi connectivity index (χ1n) is 5.77. The molecule has 0 aliphatic carbocycles. The van der Waals surface area contributed by atoms with Gasteiger partial charge in [0.2, 0.25) is 0 Å². The van der Waals surface area contributed by atoms with Gasteiger partial charge in [-0.05, 0) is 25.3 Å². The SMILES string of the molecule is CCC(CO)CCCN1CCOCC1. The largest absolute Gasteiger partial charge is 0.396 e. The Hall–Kier alpha value is -0.120. The molecular weight excluding hydrogens is 178 g/mol. The van der Waals surface area contributed by atoms with Gasteiger partial charge >= 0.3 is 0 Å². The molecule has 84 valence electrons. The molecule has 1 rings (SSSR count). The third-order valence-electron chi connectivity index (χ3n) is 3.03. The van der Waals surface area contributed by atoms with Crippen LogP contribution in [0, 0.1) is 5.92 Å². The Morgan fingerprint density at radius 1 is 1.36 bits per heavy atom. The van der Waals surface area contributed by atoms with E-state index in [1.54, 1.807) is 0 Å². The minimum absolute atomic E-state index is 0.347. The van der Waals surface area contributed by atoms with Crippen LogP contribution >= 0.6 is 0 Å². The van der Waals surface area contributed by atoms with Gasteiger partial charge < -0.3 is 9.84 Å². The Bertz CT molecular complexity index is 131. The van der Waals surface area contributed by atoms with Crippen molar-refractivity contribution in [2.45, 2.75) is 26.2 Å². The summed E-state index contributed by atoms with van der Waals surface area (Å²) in [5.74, 6) is 0.510. The third kappa shape index (κ3) is 4.40. The van der Waals surface area contributed by atoms with E-state index in [0.29, 0.717) is 12.5 Å². The first-order valence-corrected chi connectivity index (χ1v) is 5.77. The molecule has 14 heavy (non-hydrogen) atoms. The van der Waals surface area contributed by atoms with Gasteiger partial charge in [0.25, 0.3) is 0 Å². The fourth-order valence-corrected chi connectivity index (χ4v) is 1.85. The van der Waals surface area contributed by atoms with Crippen LogP contribution in [0.3, 0.4) is 0 Å². The molecular formula is C11H23NO2. The van der Waals surface area contributed by atoms with Crippen molar-refractivity contribution in [2.24, 2.45) is 5.92 Å². The fraction of sp³-hybridized carbons (Fsp3) is 1.00. The summed E-state index contributed by atoms with van der Waals surface area (Å²) in [7, 11) is 0. The lowest BCUT2D eigenvalue weighted by molar-refractivity contribution is 0.0362. The van der Waals surface area contributed by atoms with Gasteiger partial charge in [-0.15, -0.1) is 0 Å². The van der Waals surface area contributed by atoms with E-state index in [4.69, 9.17) is 9.84 Å². The summed E-state index contributed by atoms with van der Waals surface area (Å²) in [6, 6.07) is 0. The standard InChI is InChI=1S/C11H23NO2/c1-2-11(10-13)4-3-5-12-6-8-14-9-7-12/h11,13H,2-10H2,1H3. The van der Waals surface area contributed by atoms with Crippen LogP contribution in [0.25, 0.3) is 0 Å². The molecule has 3 nitrogen and oxygen atoms in total. The highest BCUT2D eigenvalue weighted by Gasteiger charge is 2.10.